The molecule has 1 aromatic carbocycles. The van der Waals surface area contributed by atoms with Crippen LogP contribution < -0.4 is 5.32 Å². The fourth-order valence-electron chi connectivity index (χ4n) is 2.32. The molecule has 1 unspecified atom stereocenters. The molecule has 1 aromatic rings. The van der Waals surface area contributed by atoms with E-state index in [0.29, 0.717) is 6.61 Å². The summed E-state index contributed by atoms with van der Waals surface area (Å²) < 4.78 is 5.23. The van der Waals surface area contributed by atoms with Crippen molar-refractivity contribution in [2.75, 3.05) is 20.1 Å². The van der Waals surface area contributed by atoms with Crippen molar-refractivity contribution in [3.8, 4) is 0 Å². The molecular formula is C15H22N2O2. The Morgan fingerprint density at radius 2 is 2.11 bits per heavy atom. The van der Waals surface area contributed by atoms with Crippen molar-refractivity contribution in [1.29, 1.82) is 0 Å². The molecule has 0 aliphatic carbocycles. The molecule has 1 aliphatic rings. The largest absolute Gasteiger partial charge is 0.445 e. The lowest BCUT2D eigenvalue weighted by atomic mass is 10.1. The van der Waals surface area contributed by atoms with Gasteiger partial charge in [0.2, 0.25) is 0 Å². The Labute approximate surface area is 114 Å². The minimum Gasteiger partial charge on any atom is -0.445 e. The number of ether oxygens (including phenoxy) is 1. The van der Waals surface area contributed by atoms with Crippen LogP contribution in [0, 0.1) is 0 Å². The minimum absolute atomic E-state index is 0.244. The summed E-state index contributed by atoms with van der Waals surface area (Å²) in [5.41, 5.74) is 1.01. The van der Waals surface area contributed by atoms with Crippen molar-refractivity contribution in [3.05, 3.63) is 35.9 Å². The lowest BCUT2D eigenvalue weighted by Gasteiger charge is -2.16. The number of nitrogens with one attached hydrogen (secondary N) is 1. The molecule has 1 heterocycles. The Morgan fingerprint density at radius 1 is 1.32 bits per heavy atom. The second kappa shape index (κ2) is 7.14. The highest BCUT2D eigenvalue weighted by atomic mass is 16.5. The third kappa shape index (κ3) is 4.91. The van der Waals surface area contributed by atoms with E-state index in [1.807, 2.05) is 30.3 Å². The number of amides is 1. The molecule has 1 atom stereocenters. The Morgan fingerprint density at radius 3 is 2.89 bits per heavy atom. The first-order valence-corrected chi connectivity index (χ1v) is 6.90. The molecule has 2 rings (SSSR count). The number of likely N-dealkylation sites (tertiary alicyclic amines) is 1. The second-order valence-electron chi connectivity index (χ2n) is 5.14. The Bertz CT molecular complexity index is 394. The van der Waals surface area contributed by atoms with Crippen molar-refractivity contribution >= 4 is 6.09 Å². The number of hydrogen-bond acceptors (Lipinski definition) is 3. The van der Waals surface area contributed by atoms with Gasteiger partial charge >= 0.3 is 6.09 Å². The summed E-state index contributed by atoms with van der Waals surface area (Å²) >= 11 is 0. The number of carbonyl (C=O) groups excluding carboxylic acids is 1. The topological polar surface area (TPSA) is 41.6 Å². The van der Waals surface area contributed by atoms with E-state index in [4.69, 9.17) is 4.74 Å². The van der Waals surface area contributed by atoms with Crippen LogP contribution in [-0.4, -0.2) is 37.2 Å². The van der Waals surface area contributed by atoms with E-state index in [2.05, 4.69) is 17.3 Å². The normalized spacial score (nSPS) is 20.6. The number of hydrogen-bond donors (Lipinski definition) is 1. The number of carbonyl (C=O) groups is 1. The van der Waals surface area contributed by atoms with E-state index in [0.717, 1.165) is 37.9 Å². The standard InChI is InChI=1S/C15H22N2O2/c1-17-10-5-8-14(9-11-17)16-15(18)19-12-13-6-3-2-4-7-13/h2-4,6-7,14H,5,8-12H2,1H3,(H,16,18). The van der Waals surface area contributed by atoms with Gasteiger partial charge in [-0.2, -0.15) is 0 Å². The predicted molar refractivity (Wildman–Crippen MR) is 74.9 cm³/mol. The lowest BCUT2D eigenvalue weighted by molar-refractivity contribution is 0.134. The van der Waals surface area contributed by atoms with Gasteiger partial charge < -0.3 is 15.0 Å². The monoisotopic (exact) mass is 262 g/mol. The van der Waals surface area contributed by atoms with Crippen LogP contribution in [0.1, 0.15) is 24.8 Å². The van der Waals surface area contributed by atoms with Crippen LogP contribution in [0.4, 0.5) is 4.79 Å². The highest BCUT2D eigenvalue weighted by Crippen LogP contribution is 2.10. The SMILES string of the molecule is CN1CCCC(NC(=O)OCc2ccccc2)CC1. The molecule has 0 spiro atoms. The van der Waals surface area contributed by atoms with Crippen molar-refractivity contribution in [2.45, 2.75) is 31.9 Å². The first-order chi connectivity index (χ1) is 9.24. The summed E-state index contributed by atoms with van der Waals surface area (Å²) in [7, 11) is 2.12. The predicted octanol–water partition coefficient (Wildman–Crippen LogP) is 2.40. The quantitative estimate of drug-likeness (QED) is 0.909. The van der Waals surface area contributed by atoms with E-state index in [9.17, 15) is 4.79 Å². The van der Waals surface area contributed by atoms with Gasteiger partial charge in [0, 0.05) is 6.04 Å². The van der Waals surface area contributed by atoms with Gasteiger partial charge in [-0.1, -0.05) is 30.3 Å². The molecule has 1 fully saturated rings. The average Bonchev–Trinajstić information content (AvgIpc) is 2.63. The molecule has 1 amide bonds. The van der Waals surface area contributed by atoms with Gasteiger partial charge in [-0.15, -0.1) is 0 Å². The van der Waals surface area contributed by atoms with E-state index in [1.165, 1.54) is 0 Å². The van der Waals surface area contributed by atoms with Gasteiger partial charge in [-0.3, -0.25) is 0 Å². The molecule has 0 saturated carbocycles. The van der Waals surface area contributed by atoms with Crippen molar-refractivity contribution in [1.82, 2.24) is 10.2 Å². The zero-order chi connectivity index (χ0) is 13.5. The first-order valence-electron chi connectivity index (χ1n) is 6.90. The number of rotatable bonds is 3. The Hall–Kier alpha value is -1.55. The highest BCUT2D eigenvalue weighted by molar-refractivity contribution is 5.67. The van der Waals surface area contributed by atoms with Crippen molar-refractivity contribution in [3.63, 3.8) is 0 Å². The van der Waals surface area contributed by atoms with Crippen LogP contribution in [0.3, 0.4) is 0 Å². The molecule has 0 bridgehead atoms. The van der Waals surface area contributed by atoms with E-state index >= 15 is 0 Å². The molecule has 1 N–H and O–H groups in total. The molecular weight excluding hydrogens is 240 g/mol. The van der Waals surface area contributed by atoms with E-state index < -0.39 is 0 Å². The van der Waals surface area contributed by atoms with Gasteiger partial charge in [0.15, 0.2) is 0 Å². The fraction of sp³-hybridized carbons (Fsp3) is 0.533. The molecule has 0 radical (unpaired) electrons. The fourth-order valence-corrected chi connectivity index (χ4v) is 2.32. The van der Waals surface area contributed by atoms with Gasteiger partial charge in [-0.25, -0.2) is 4.79 Å². The summed E-state index contributed by atoms with van der Waals surface area (Å²) in [4.78, 5) is 14.0. The van der Waals surface area contributed by atoms with Crippen LogP contribution in [-0.2, 0) is 11.3 Å². The molecule has 1 saturated heterocycles. The van der Waals surface area contributed by atoms with Crippen molar-refractivity contribution in [2.24, 2.45) is 0 Å². The van der Waals surface area contributed by atoms with Crippen LogP contribution in [0.15, 0.2) is 30.3 Å². The Balaban J connectivity index is 1.72. The van der Waals surface area contributed by atoms with Gasteiger partial charge in [0.25, 0.3) is 0 Å². The summed E-state index contributed by atoms with van der Waals surface area (Å²) in [6, 6.07) is 9.98. The lowest BCUT2D eigenvalue weighted by Crippen LogP contribution is -2.35. The highest BCUT2D eigenvalue weighted by Gasteiger charge is 2.17. The summed E-state index contributed by atoms with van der Waals surface area (Å²) in [6.45, 7) is 2.47. The van der Waals surface area contributed by atoms with E-state index in [1.54, 1.807) is 0 Å². The van der Waals surface area contributed by atoms with Crippen LogP contribution in [0.25, 0.3) is 0 Å². The molecule has 4 nitrogen and oxygen atoms in total. The third-order valence-electron chi connectivity index (χ3n) is 3.49. The molecule has 1 aliphatic heterocycles. The van der Waals surface area contributed by atoms with Crippen LogP contribution in [0.5, 0.6) is 0 Å². The van der Waals surface area contributed by atoms with Gasteiger partial charge in [-0.05, 0) is 45.0 Å². The number of alkyl carbamates (subject to hydrolysis) is 1. The number of nitrogens with zero attached hydrogens (tertiary/aromatic N) is 1. The second-order valence-corrected chi connectivity index (χ2v) is 5.14. The molecule has 104 valence electrons. The first kappa shape index (κ1) is 13.9. The molecule has 4 heteroatoms. The zero-order valence-corrected chi connectivity index (χ0v) is 11.5. The molecule has 0 aromatic heterocycles. The maximum Gasteiger partial charge on any atom is 0.407 e. The van der Waals surface area contributed by atoms with Crippen LogP contribution in [0.2, 0.25) is 0 Å². The van der Waals surface area contributed by atoms with Crippen LogP contribution >= 0.6 is 0 Å². The summed E-state index contributed by atoms with van der Waals surface area (Å²) in [5.74, 6) is 0. The van der Waals surface area contributed by atoms with Gasteiger partial charge in [0.1, 0.15) is 6.61 Å². The van der Waals surface area contributed by atoms with Crippen molar-refractivity contribution < 1.29 is 9.53 Å². The zero-order valence-electron chi connectivity index (χ0n) is 11.5. The number of benzene rings is 1. The van der Waals surface area contributed by atoms with E-state index in [-0.39, 0.29) is 12.1 Å². The van der Waals surface area contributed by atoms with Gasteiger partial charge in [0.05, 0.1) is 0 Å². The minimum atomic E-state index is -0.307. The Kier molecular flexibility index (Phi) is 5.21. The average molecular weight is 262 g/mol. The summed E-state index contributed by atoms with van der Waals surface area (Å²) in [5, 5.41) is 2.96. The smallest absolute Gasteiger partial charge is 0.407 e. The maximum absolute atomic E-state index is 11.7. The maximum atomic E-state index is 11.7. The summed E-state index contributed by atoms with van der Waals surface area (Å²) in [6.07, 6.45) is 2.85. The third-order valence-corrected chi connectivity index (χ3v) is 3.49. The molecule has 19 heavy (non-hydrogen) atoms.